The van der Waals surface area contributed by atoms with Crippen molar-refractivity contribution < 1.29 is 9.53 Å². The van der Waals surface area contributed by atoms with Gasteiger partial charge in [0.2, 0.25) is 0 Å². The number of carbonyl (C=O) groups excluding carboxylic acids is 1. The maximum atomic E-state index is 11.8. The van der Waals surface area contributed by atoms with Crippen molar-refractivity contribution in [3.8, 4) is 0 Å². The topological polar surface area (TPSA) is 41.6 Å². The van der Waals surface area contributed by atoms with Gasteiger partial charge in [-0.15, -0.1) is 11.3 Å². The molecule has 0 saturated carbocycles. The fraction of sp³-hybridized carbons (Fsp3) is 0.583. The molecule has 0 aliphatic carbocycles. The van der Waals surface area contributed by atoms with Crippen LogP contribution in [0.1, 0.15) is 15.2 Å². The van der Waals surface area contributed by atoms with E-state index in [-0.39, 0.29) is 5.91 Å². The first-order valence-electron chi connectivity index (χ1n) is 5.77. The predicted molar refractivity (Wildman–Crippen MR) is 78.5 cm³/mol. The molecule has 0 atom stereocenters. The number of amides is 1. The summed E-state index contributed by atoms with van der Waals surface area (Å²) in [5.41, 5.74) is 1.09. The fourth-order valence-electron chi connectivity index (χ4n) is 1.24. The van der Waals surface area contributed by atoms with Gasteiger partial charge in [-0.3, -0.25) is 4.79 Å². The number of ether oxygens (including phenoxy) is 1. The van der Waals surface area contributed by atoms with E-state index in [4.69, 9.17) is 4.74 Å². The van der Waals surface area contributed by atoms with Gasteiger partial charge < -0.3 is 15.0 Å². The molecule has 0 spiro atoms. The smallest absolute Gasteiger partial charge is 0.261 e. The number of likely N-dealkylation sites (N-methyl/N-ethyl adjacent to an activating group) is 1. The van der Waals surface area contributed by atoms with Crippen LogP contribution in [-0.2, 0) is 4.74 Å². The molecule has 1 amide bonds. The van der Waals surface area contributed by atoms with Crippen molar-refractivity contribution in [1.29, 1.82) is 0 Å². The van der Waals surface area contributed by atoms with E-state index in [0.29, 0.717) is 19.8 Å². The van der Waals surface area contributed by atoms with Crippen LogP contribution in [0.15, 0.2) is 9.85 Å². The molecule has 1 aromatic rings. The largest absolute Gasteiger partial charge is 0.378 e. The number of rotatable bonds is 7. The Bertz CT molecular complexity index is 374. The number of thiophene rings is 1. The van der Waals surface area contributed by atoms with Gasteiger partial charge in [0, 0.05) is 13.1 Å². The zero-order chi connectivity index (χ0) is 13.5. The van der Waals surface area contributed by atoms with Gasteiger partial charge in [0.25, 0.3) is 5.91 Å². The lowest BCUT2D eigenvalue weighted by molar-refractivity contribution is 0.0904. The SMILES string of the molecule is Cc1cc(C(=O)NCCOCCN(C)C)sc1Br. The molecule has 1 rings (SSSR count). The van der Waals surface area contributed by atoms with Crippen molar-refractivity contribution in [2.75, 3.05) is 40.4 Å². The van der Waals surface area contributed by atoms with E-state index in [1.807, 2.05) is 27.1 Å². The highest BCUT2D eigenvalue weighted by Crippen LogP contribution is 2.26. The third kappa shape index (κ3) is 5.48. The number of nitrogens with zero attached hydrogens (tertiary/aromatic N) is 1. The zero-order valence-electron chi connectivity index (χ0n) is 11.0. The molecule has 102 valence electrons. The Balaban J connectivity index is 2.18. The average molecular weight is 335 g/mol. The van der Waals surface area contributed by atoms with Crippen LogP contribution in [0.5, 0.6) is 0 Å². The van der Waals surface area contributed by atoms with Gasteiger partial charge in [-0.1, -0.05) is 0 Å². The maximum Gasteiger partial charge on any atom is 0.261 e. The fourth-order valence-corrected chi connectivity index (χ4v) is 2.70. The molecule has 1 aromatic heterocycles. The monoisotopic (exact) mass is 334 g/mol. The van der Waals surface area contributed by atoms with E-state index >= 15 is 0 Å². The summed E-state index contributed by atoms with van der Waals surface area (Å²) in [7, 11) is 4.00. The van der Waals surface area contributed by atoms with E-state index < -0.39 is 0 Å². The highest BCUT2D eigenvalue weighted by molar-refractivity contribution is 9.11. The lowest BCUT2D eigenvalue weighted by atomic mass is 10.3. The van der Waals surface area contributed by atoms with E-state index in [1.165, 1.54) is 11.3 Å². The first kappa shape index (κ1) is 15.6. The molecule has 6 heteroatoms. The van der Waals surface area contributed by atoms with Crippen molar-refractivity contribution >= 4 is 33.2 Å². The Morgan fingerprint density at radius 2 is 2.22 bits per heavy atom. The van der Waals surface area contributed by atoms with Gasteiger partial charge in [-0.2, -0.15) is 0 Å². The summed E-state index contributed by atoms with van der Waals surface area (Å²) in [5.74, 6) is -0.0370. The van der Waals surface area contributed by atoms with Gasteiger partial charge in [-0.25, -0.2) is 0 Å². The second-order valence-electron chi connectivity index (χ2n) is 4.24. The van der Waals surface area contributed by atoms with Crippen LogP contribution in [0.25, 0.3) is 0 Å². The highest BCUT2D eigenvalue weighted by Gasteiger charge is 2.10. The Labute approximate surface area is 120 Å². The molecule has 0 aromatic carbocycles. The Hall–Kier alpha value is -0.430. The first-order chi connectivity index (χ1) is 8.50. The van der Waals surface area contributed by atoms with Crippen molar-refractivity contribution in [3.05, 3.63) is 20.3 Å². The third-order valence-corrected chi connectivity index (χ3v) is 4.43. The molecule has 1 N–H and O–H groups in total. The predicted octanol–water partition coefficient (Wildman–Crippen LogP) is 2.13. The van der Waals surface area contributed by atoms with Crippen LogP contribution >= 0.6 is 27.3 Å². The minimum atomic E-state index is -0.0370. The average Bonchev–Trinajstić information content (AvgIpc) is 2.63. The summed E-state index contributed by atoms with van der Waals surface area (Å²) in [6.07, 6.45) is 0. The summed E-state index contributed by atoms with van der Waals surface area (Å²) in [4.78, 5) is 14.6. The quantitative estimate of drug-likeness (QED) is 0.776. The first-order valence-corrected chi connectivity index (χ1v) is 7.38. The van der Waals surface area contributed by atoms with Gasteiger partial charge >= 0.3 is 0 Å². The molecule has 0 saturated heterocycles. The molecule has 18 heavy (non-hydrogen) atoms. The van der Waals surface area contributed by atoms with E-state index in [0.717, 1.165) is 20.8 Å². The Kier molecular flexibility index (Phi) is 6.85. The lowest BCUT2D eigenvalue weighted by Gasteiger charge is -2.09. The Morgan fingerprint density at radius 1 is 1.50 bits per heavy atom. The summed E-state index contributed by atoms with van der Waals surface area (Å²) < 4.78 is 6.41. The molecule has 0 aliphatic rings. The molecule has 0 radical (unpaired) electrons. The lowest BCUT2D eigenvalue weighted by Crippen LogP contribution is -2.27. The van der Waals surface area contributed by atoms with Crippen LogP contribution < -0.4 is 5.32 Å². The highest BCUT2D eigenvalue weighted by atomic mass is 79.9. The van der Waals surface area contributed by atoms with Crippen LogP contribution in [-0.4, -0.2) is 51.2 Å². The van der Waals surface area contributed by atoms with Crippen molar-refractivity contribution in [1.82, 2.24) is 10.2 Å². The second-order valence-corrected chi connectivity index (χ2v) is 6.61. The molecule has 0 bridgehead atoms. The molecule has 0 unspecified atom stereocenters. The second kappa shape index (κ2) is 7.89. The minimum absolute atomic E-state index is 0.0370. The van der Waals surface area contributed by atoms with E-state index in [1.54, 1.807) is 0 Å². The number of halogens is 1. The van der Waals surface area contributed by atoms with Gasteiger partial charge in [0.15, 0.2) is 0 Å². The summed E-state index contributed by atoms with van der Waals surface area (Å²) in [6.45, 7) is 4.64. The number of aryl methyl sites for hydroxylation is 1. The van der Waals surface area contributed by atoms with Crippen LogP contribution in [0, 0.1) is 6.92 Å². The normalized spacial score (nSPS) is 10.9. The van der Waals surface area contributed by atoms with Crippen LogP contribution in [0.4, 0.5) is 0 Å². The summed E-state index contributed by atoms with van der Waals surface area (Å²) >= 11 is 4.86. The minimum Gasteiger partial charge on any atom is -0.378 e. The number of hydrogen-bond acceptors (Lipinski definition) is 4. The van der Waals surface area contributed by atoms with Gasteiger partial charge in [-0.05, 0) is 48.6 Å². The number of nitrogens with one attached hydrogen (secondary N) is 1. The Morgan fingerprint density at radius 3 is 2.78 bits per heavy atom. The van der Waals surface area contributed by atoms with Crippen molar-refractivity contribution in [2.24, 2.45) is 0 Å². The van der Waals surface area contributed by atoms with Crippen LogP contribution in [0.2, 0.25) is 0 Å². The number of hydrogen-bond donors (Lipinski definition) is 1. The standard InChI is InChI=1S/C12H19BrN2O2S/c1-9-8-10(18-11(9)13)12(16)14-4-6-17-7-5-15(2)3/h8H,4-7H2,1-3H3,(H,14,16). The molecule has 0 fully saturated rings. The van der Waals surface area contributed by atoms with Crippen LogP contribution in [0.3, 0.4) is 0 Å². The van der Waals surface area contributed by atoms with Crippen molar-refractivity contribution in [2.45, 2.75) is 6.92 Å². The van der Waals surface area contributed by atoms with E-state index in [9.17, 15) is 4.79 Å². The van der Waals surface area contributed by atoms with Crippen molar-refractivity contribution in [3.63, 3.8) is 0 Å². The van der Waals surface area contributed by atoms with Gasteiger partial charge in [0.1, 0.15) is 0 Å². The molecule has 0 aliphatic heterocycles. The molecule has 4 nitrogen and oxygen atoms in total. The molecule has 1 heterocycles. The van der Waals surface area contributed by atoms with Gasteiger partial charge in [0.05, 0.1) is 21.9 Å². The molecular formula is C12H19BrN2O2S. The zero-order valence-corrected chi connectivity index (χ0v) is 13.4. The third-order valence-electron chi connectivity index (χ3n) is 2.30. The van der Waals surface area contributed by atoms with E-state index in [2.05, 4.69) is 26.1 Å². The molecular weight excluding hydrogens is 316 g/mol. The summed E-state index contributed by atoms with van der Waals surface area (Å²) in [5, 5.41) is 2.84. The number of carbonyl (C=O) groups is 1. The maximum absolute atomic E-state index is 11.8. The summed E-state index contributed by atoms with van der Waals surface area (Å²) in [6, 6.07) is 1.89.